The Hall–Kier alpha value is -4.36. The largest absolute Gasteiger partial charge is 0.398 e. The van der Waals surface area contributed by atoms with Crippen molar-refractivity contribution in [1.82, 2.24) is 24.4 Å². The molecule has 1 atom stereocenters. The number of carbonyl (C=O) groups excluding carboxylic acids is 1. The second-order valence-corrected chi connectivity index (χ2v) is 12.6. The normalized spacial score (nSPS) is 15.6. The SMILES string of the molecule is C=CC(=O)N1CCN(c2nc(=O)n(-c3c(S(C)(=O)=O)ccnc3CC)c3nc(-c4c(N)cccc4F)c(Cl)cc23)[C@@H](C)C1. The van der Waals surface area contributed by atoms with E-state index >= 15 is 4.39 Å². The van der Waals surface area contributed by atoms with Crippen LogP contribution in [0.3, 0.4) is 0 Å². The molecule has 224 valence electrons. The third-order valence-electron chi connectivity index (χ3n) is 7.39. The first-order valence-electron chi connectivity index (χ1n) is 13.4. The lowest BCUT2D eigenvalue weighted by atomic mass is 10.1. The summed E-state index contributed by atoms with van der Waals surface area (Å²) in [5.41, 5.74) is 5.57. The highest BCUT2D eigenvalue weighted by atomic mass is 35.5. The number of amides is 1. The van der Waals surface area contributed by atoms with Crippen LogP contribution in [0.4, 0.5) is 15.9 Å². The van der Waals surface area contributed by atoms with Crippen molar-refractivity contribution in [3.8, 4) is 16.9 Å². The van der Waals surface area contributed by atoms with E-state index in [2.05, 4.69) is 21.5 Å². The smallest absolute Gasteiger partial charge is 0.355 e. The molecule has 0 bridgehead atoms. The topological polar surface area (TPSA) is 144 Å². The number of carbonyl (C=O) groups is 1. The van der Waals surface area contributed by atoms with Gasteiger partial charge in [0.2, 0.25) is 5.91 Å². The van der Waals surface area contributed by atoms with Gasteiger partial charge in [-0.25, -0.2) is 27.2 Å². The van der Waals surface area contributed by atoms with Gasteiger partial charge in [-0.05, 0) is 43.7 Å². The van der Waals surface area contributed by atoms with Crippen LogP contribution in [-0.2, 0) is 21.1 Å². The van der Waals surface area contributed by atoms with Crippen LogP contribution in [0.5, 0.6) is 0 Å². The molecule has 5 rings (SSSR count). The van der Waals surface area contributed by atoms with Crippen LogP contribution < -0.4 is 16.3 Å². The Bertz CT molecular complexity index is 1940. The summed E-state index contributed by atoms with van der Waals surface area (Å²) >= 11 is 6.72. The van der Waals surface area contributed by atoms with Gasteiger partial charge in [0.15, 0.2) is 15.5 Å². The molecule has 0 saturated carbocycles. The zero-order valence-electron chi connectivity index (χ0n) is 23.7. The lowest BCUT2D eigenvalue weighted by Gasteiger charge is -2.40. The Morgan fingerprint density at radius 2 is 2.00 bits per heavy atom. The summed E-state index contributed by atoms with van der Waals surface area (Å²) in [4.78, 5) is 43.0. The molecule has 14 heteroatoms. The van der Waals surface area contributed by atoms with Gasteiger partial charge >= 0.3 is 5.69 Å². The number of anilines is 2. The molecule has 1 amide bonds. The molecular formula is C29H29ClFN7O4S. The number of aromatic nitrogens is 4. The summed E-state index contributed by atoms with van der Waals surface area (Å²) in [6.45, 7) is 8.21. The number of hydrogen-bond donors (Lipinski definition) is 1. The molecule has 0 unspecified atom stereocenters. The van der Waals surface area contributed by atoms with Gasteiger partial charge in [0, 0.05) is 43.8 Å². The number of hydrogen-bond acceptors (Lipinski definition) is 9. The minimum atomic E-state index is -3.86. The number of aryl methyl sites for hydroxylation is 1. The number of piperazine rings is 1. The molecule has 43 heavy (non-hydrogen) atoms. The summed E-state index contributed by atoms with van der Waals surface area (Å²) in [6, 6.07) is 6.69. The van der Waals surface area contributed by atoms with Crippen molar-refractivity contribution in [3.05, 3.63) is 76.2 Å². The first-order chi connectivity index (χ1) is 20.4. The second kappa shape index (κ2) is 11.4. The van der Waals surface area contributed by atoms with Gasteiger partial charge in [-0.1, -0.05) is 31.2 Å². The molecular weight excluding hydrogens is 597 g/mol. The average molecular weight is 626 g/mol. The van der Waals surface area contributed by atoms with Crippen LogP contribution in [0.2, 0.25) is 5.02 Å². The van der Waals surface area contributed by atoms with Gasteiger partial charge in [-0.15, -0.1) is 0 Å². The third-order valence-corrected chi connectivity index (χ3v) is 8.81. The molecule has 4 aromatic rings. The molecule has 1 saturated heterocycles. The monoisotopic (exact) mass is 625 g/mol. The fourth-order valence-corrected chi connectivity index (χ4v) is 6.48. The number of sulfone groups is 1. The maximum absolute atomic E-state index is 15.1. The fourth-order valence-electron chi connectivity index (χ4n) is 5.37. The van der Waals surface area contributed by atoms with Crippen LogP contribution in [-0.4, -0.2) is 70.7 Å². The van der Waals surface area contributed by atoms with Gasteiger partial charge in [0.05, 0.1) is 37.9 Å². The fraction of sp³-hybridized carbons (Fsp3) is 0.276. The molecule has 1 aromatic carbocycles. The van der Waals surface area contributed by atoms with Crippen LogP contribution in [0, 0.1) is 5.82 Å². The van der Waals surface area contributed by atoms with Crippen molar-refractivity contribution in [2.75, 3.05) is 36.5 Å². The maximum atomic E-state index is 15.1. The van der Waals surface area contributed by atoms with Gasteiger partial charge in [0.1, 0.15) is 11.6 Å². The summed E-state index contributed by atoms with van der Waals surface area (Å²) in [7, 11) is -3.86. The zero-order valence-corrected chi connectivity index (χ0v) is 25.3. The number of rotatable bonds is 6. The molecule has 1 aliphatic rings. The summed E-state index contributed by atoms with van der Waals surface area (Å²) < 4.78 is 42.0. The molecule has 1 fully saturated rings. The Morgan fingerprint density at radius 1 is 1.26 bits per heavy atom. The van der Waals surface area contributed by atoms with Crippen molar-refractivity contribution in [1.29, 1.82) is 0 Å². The van der Waals surface area contributed by atoms with Gasteiger partial charge in [-0.3, -0.25) is 9.78 Å². The molecule has 3 aromatic heterocycles. The summed E-state index contributed by atoms with van der Waals surface area (Å²) in [5.74, 6) is -0.658. The quantitative estimate of drug-likeness (QED) is 0.252. The van der Waals surface area contributed by atoms with Crippen LogP contribution in [0.15, 0.2) is 58.9 Å². The lowest BCUT2D eigenvalue weighted by molar-refractivity contribution is -0.126. The predicted molar refractivity (Wildman–Crippen MR) is 164 cm³/mol. The van der Waals surface area contributed by atoms with Gasteiger partial charge in [-0.2, -0.15) is 4.98 Å². The number of pyridine rings is 2. The predicted octanol–water partition coefficient (Wildman–Crippen LogP) is 3.41. The molecule has 4 heterocycles. The standard InChI is InChI=1S/C29H29ClFN7O4S/c1-5-21-26(22(10-11-33-21)43(4,41)42)38-28-17(14-18(30)25(34-28)24-19(31)8-7-9-20(24)32)27(35-29(38)40)37-13-12-36(15-16(37)3)23(39)6-2/h6-11,14,16H,2,5,12-13,15,32H2,1,3-4H3/t16-/m0/s1. The van der Waals surface area contributed by atoms with Crippen molar-refractivity contribution in [2.45, 2.75) is 31.2 Å². The first-order valence-corrected chi connectivity index (χ1v) is 15.7. The maximum Gasteiger partial charge on any atom is 0.355 e. The first kappa shape index (κ1) is 30.1. The van der Waals surface area contributed by atoms with Crippen LogP contribution in [0.1, 0.15) is 19.5 Å². The van der Waals surface area contributed by atoms with E-state index in [-0.39, 0.29) is 62.4 Å². The van der Waals surface area contributed by atoms with Crippen LogP contribution in [0.25, 0.3) is 28.0 Å². The average Bonchev–Trinajstić information content (AvgIpc) is 2.96. The Balaban J connectivity index is 1.88. The number of nitrogens with zero attached hydrogens (tertiary/aromatic N) is 6. The molecule has 2 N–H and O–H groups in total. The zero-order chi connectivity index (χ0) is 31.2. The van der Waals surface area contributed by atoms with Gasteiger partial charge < -0.3 is 15.5 Å². The highest BCUT2D eigenvalue weighted by Gasteiger charge is 2.31. The number of benzene rings is 1. The van der Waals surface area contributed by atoms with Crippen LogP contribution >= 0.6 is 11.6 Å². The van der Waals surface area contributed by atoms with Crippen molar-refractivity contribution >= 4 is 49.9 Å². The van der Waals surface area contributed by atoms with E-state index in [1.807, 2.05) is 11.8 Å². The van der Waals surface area contributed by atoms with E-state index in [1.165, 1.54) is 42.6 Å². The molecule has 0 radical (unpaired) electrons. The van der Waals surface area contributed by atoms with E-state index in [0.717, 1.165) is 10.8 Å². The third kappa shape index (κ3) is 5.34. The Morgan fingerprint density at radius 3 is 2.63 bits per heavy atom. The van der Waals surface area contributed by atoms with E-state index < -0.39 is 21.3 Å². The van der Waals surface area contributed by atoms with Crippen molar-refractivity contribution in [3.63, 3.8) is 0 Å². The van der Waals surface area contributed by atoms with E-state index in [1.54, 1.807) is 11.8 Å². The number of fused-ring (bicyclic) bond motifs is 1. The highest BCUT2D eigenvalue weighted by molar-refractivity contribution is 7.90. The highest BCUT2D eigenvalue weighted by Crippen LogP contribution is 2.38. The summed E-state index contributed by atoms with van der Waals surface area (Å²) in [5, 5.41) is 0.347. The molecule has 0 spiro atoms. The lowest BCUT2D eigenvalue weighted by Crippen LogP contribution is -2.54. The minimum absolute atomic E-state index is 0.00160. The van der Waals surface area contributed by atoms with E-state index in [4.69, 9.17) is 17.3 Å². The number of nitrogens with two attached hydrogens (primary N) is 1. The van der Waals surface area contributed by atoms with E-state index in [0.29, 0.717) is 30.7 Å². The Labute approximate surface area is 252 Å². The van der Waals surface area contributed by atoms with Crippen molar-refractivity contribution < 1.29 is 17.6 Å². The molecule has 11 nitrogen and oxygen atoms in total. The van der Waals surface area contributed by atoms with E-state index in [9.17, 15) is 18.0 Å². The Kier molecular flexibility index (Phi) is 7.97. The summed E-state index contributed by atoms with van der Waals surface area (Å²) in [6.07, 6.45) is 3.91. The van der Waals surface area contributed by atoms with Crippen molar-refractivity contribution in [2.24, 2.45) is 0 Å². The number of nitrogen functional groups attached to an aromatic ring is 1. The molecule has 0 aliphatic carbocycles. The number of halogens is 2. The van der Waals surface area contributed by atoms with Gasteiger partial charge in [0.25, 0.3) is 0 Å². The second-order valence-electron chi connectivity index (χ2n) is 10.2. The minimum Gasteiger partial charge on any atom is -0.398 e. The molecule has 1 aliphatic heterocycles.